The number of aromatic nitrogens is 1. The third kappa shape index (κ3) is 5.95. The highest BCUT2D eigenvalue weighted by Crippen LogP contribution is 2.35. The molecule has 4 rings (SSSR count). The van der Waals surface area contributed by atoms with Crippen LogP contribution in [0.2, 0.25) is 0 Å². The Bertz CT molecular complexity index is 1160. The molecule has 1 aromatic heterocycles. The van der Waals surface area contributed by atoms with Gasteiger partial charge in [0.2, 0.25) is 0 Å². The minimum absolute atomic E-state index is 0.0472. The molecule has 182 valence electrons. The molecule has 0 unspecified atom stereocenters. The van der Waals surface area contributed by atoms with Crippen LogP contribution in [0.15, 0.2) is 60.8 Å². The molecule has 0 aliphatic carbocycles. The first-order valence-corrected chi connectivity index (χ1v) is 11.6. The second-order valence-corrected chi connectivity index (χ2v) is 8.66. The van der Waals surface area contributed by atoms with Gasteiger partial charge in [0.1, 0.15) is 30.3 Å². The lowest BCUT2D eigenvalue weighted by atomic mass is 9.98. The van der Waals surface area contributed by atoms with Gasteiger partial charge in [0.05, 0.1) is 35.8 Å². The van der Waals surface area contributed by atoms with Crippen LogP contribution in [-0.4, -0.2) is 59.5 Å². The number of aliphatic hydroxyl groups is 2. The summed E-state index contributed by atoms with van der Waals surface area (Å²) in [6.07, 6.45) is 0.279. The molecule has 1 fully saturated rings. The third-order valence-electron chi connectivity index (χ3n) is 6.21. The Kier molecular flexibility index (Phi) is 7.93. The molecule has 2 heterocycles. The van der Waals surface area contributed by atoms with Gasteiger partial charge in [0.15, 0.2) is 0 Å². The van der Waals surface area contributed by atoms with Crippen LogP contribution in [0.5, 0.6) is 5.75 Å². The van der Waals surface area contributed by atoms with Crippen molar-refractivity contribution in [3.05, 3.63) is 89.0 Å². The van der Waals surface area contributed by atoms with Crippen LogP contribution in [0.25, 0.3) is 0 Å². The second-order valence-electron chi connectivity index (χ2n) is 8.66. The lowest BCUT2D eigenvalue weighted by Gasteiger charge is -2.44. The summed E-state index contributed by atoms with van der Waals surface area (Å²) in [6.45, 7) is 4.44. The van der Waals surface area contributed by atoms with Crippen molar-refractivity contribution in [3.63, 3.8) is 0 Å². The highest BCUT2D eigenvalue weighted by atomic mass is 19.1. The zero-order chi connectivity index (χ0) is 24.8. The minimum atomic E-state index is -0.835. The first kappa shape index (κ1) is 24.6. The number of β-amino-alcohol motifs (C(OH)–C–C–N with tert-alkyl or cyclic N) is 1. The molecule has 1 aliphatic rings. The highest BCUT2D eigenvalue weighted by molar-refractivity contribution is 5.63. The minimum Gasteiger partial charge on any atom is -0.491 e. The van der Waals surface area contributed by atoms with Gasteiger partial charge in [-0.15, -0.1) is 0 Å². The number of rotatable bonds is 8. The second kappa shape index (κ2) is 11.3. The molecule has 0 radical (unpaired) electrons. The van der Waals surface area contributed by atoms with E-state index in [1.807, 2.05) is 19.1 Å². The van der Waals surface area contributed by atoms with Crippen LogP contribution >= 0.6 is 0 Å². The normalized spacial score (nSPS) is 17.1. The maximum Gasteiger partial charge on any atom is 0.141 e. The summed E-state index contributed by atoms with van der Waals surface area (Å²) in [5.74, 6) is 0.106. The summed E-state index contributed by atoms with van der Waals surface area (Å²) < 4.78 is 18.7. The van der Waals surface area contributed by atoms with Crippen molar-refractivity contribution in [2.24, 2.45) is 0 Å². The van der Waals surface area contributed by atoms with Gasteiger partial charge in [-0.05, 0) is 42.8 Å². The van der Waals surface area contributed by atoms with Crippen LogP contribution in [0.3, 0.4) is 0 Å². The summed E-state index contributed by atoms with van der Waals surface area (Å²) in [5.41, 5.74) is 4.02. The number of pyridine rings is 1. The number of aliphatic hydroxyl groups excluding tert-OH is 2. The molecule has 2 aromatic carbocycles. The van der Waals surface area contributed by atoms with E-state index in [0.29, 0.717) is 43.2 Å². The van der Waals surface area contributed by atoms with Gasteiger partial charge in [-0.3, -0.25) is 9.88 Å². The molecule has 2 N–H and O–H groups in total. The number of piperazine rings is 1. The number of halogens is 1. The molecule has 0 saturated carbocycles. The van der Waals surface area contributed by atoms with Crippen LogP contribution < -0.4 is 9.64 Å². The average Bonchev–Trinajstić information content (AvgIpc) is 2.88. The van der Waals surface area contributed by atoms with E-state index in [-0.39, 0.29) is 19.3 Å². The summed E-state index contributed by atoms with van der Waals surface area (Å²) in [7, 11) is 0. The topological polar surface area (TPSA) is 92.8 Å². The molecule has 35 heavy (non-hydrogen) atoms. The van der Waals surface area contributed by atoms with Gasteiger partial charge in [-0.1, -0.05) is 29.8 Å². The lowest BCUT2D eigenvalue weighted by Crippen LogP contribution is -2.49. The van der Waals surface area contributed by atoms with E-state index in [4.69, 9.17) is 9.84 Å². The maximum atomic E-state index is 13.2. The quantitative estimate of drug-likeness (QED) is 0.515. The maximum absolute atomic E-state index is 13.2. The molecule has 8 heteroatoms. The number of hydrogen-bond acceptors (Lipinski definition) is 7. The molecule has 7 nitrogen and oxygen atoms in total. The van der Waals surface area contributed by atoms with Crippen molar-refractivity contribution in [2.45, 2.75) is 19.1 Å². The predicted octanol–water partition coefficient (Wildman–Crippen LogP) is 3.37. The van der Waals surface area contributed by atoms with Gasteiger partial charge >= 0.3 is 0 Å². The monoisotopic (exact) mass is 476 g/mol. The number of nitrogens with zero attached hydrogens (tertiary/aromatic N) is 4. The molecule has 0 amide bonds. The number of hydrogen-bond donors (Lipinski definition) is 2. The molecule has 2 atom stereocenters. The van der Waals surface area contributed by atoms with Crippen molar-refractivity contribution < 1.29 is 19.3 Å². The van der Waals surface area contributed by atoms with E-state index in [9.17, 15) is 14.8 Å². The molecular formula is C27H29FN4O3. The molecule has 1 aliphatic heterocycles. The van der Waals surface area contributed by atoms with Gasteiger partial charge in [0.25, 0.3) is 0 Å². The molecule has 3 aromatic rings. The van der Waals surface area contributed by atoms with Crippen molar-refractivity contribution in [3.8, 4) is 11.8 Å². The molecule has 0 bridgehead atoms. The first-order chi connectivity index (χ1) is 17.0. The number of anilines is 1. The number of aryl methyl sites for hydroxylation is 1. The van der Waals surface area contributed by atoms with Crippen LogP contribution in [0.1, 0.15) is 34.5 Å². The Hall–Kier alpha value is -3.51. The summed E-state index contributed by atoms with van der Waals surface area (Å²) in [5, 5.41) is 29.6. The van der Waals surface area contributed by atoms with E-state index < -0.39 is 11.9 Å². The van der Waals surface area contributed by atoms with E-state index >= 15 is 0 Å². The molecular weight excluding hydrogens is 447 g/mol. The van der Waals surface area contributed by atoms with Crippen LogP contribution in [-0.2, 0) is 0 Å². The van der Waals surface area contributed by atoms with Gasteiger partial charge in [-0.25, -0.2) is 4.39 Å². The summed E-state index contributed by atoms with van der Waals surface area (Å²) in [6, 6.07) is 18.8. The fourth-order valence-corrected chi connectivity index (χ4v) is 4.40. The first-order valence-electron chi connectivity index (χ1n) is 11.6. The van der Waals surface area contributed by atoms with Crippen molar-refractivity contribution in [2.75, 3.05) is 44.3 Å². The van der Waals surface area contributed by atoms with E-state index in [0.717, 1.165) is 23.0 Å². The van der Waals surface area contributed by atoms with E-state index in [1.165, 1.54) is 12.1 Å². The Morgan fingerprint density at radius 3 is 2.66 bits per heavy atom. The fraction of sp³-hybridized carbons (Fsp3) is 0.333. The van der Waals surface area contributed by atoms with Crippen molar-refractivity contribution in [1.82, 2.24) is 9.88 Å². The SMILES string of the molecule is Cc1ccc([C@@H]2CN(C[C@@H](O)c3ccc(F)cn3)CCN2c2ccc(OCCO)cc2C#N)cc1. The zero-order valence-electron chi connectivity index (χ0n) is 19.6. The third-order valence-corrected chi connectivity index (χ3v) is 6.21. The van der Waals surface area contributed by atoms with E-state index in [1.54, 1.807) is 6.07 Å². The Labute approximate surface area is 204 Å². The Morgan fingerprint density at radius 1 is 1.17 bits per heavy atom. The van der Waals surface area contributed by atoms with Gasteiger partial charge < -0.3 is 19.8 Å². The lowest BCUT2D eigenvalue weighted by molar-refractivity contribution is 0.0974. The van der Waals surface area contributed by atoms with Gasteiger partial charge in [-0.2, -0.15) is 5.26 Å². The summed E-state index contributed by atoms with van der Waals surface area (Å²) >= 11 is 0. The number of ether oxygens (including phenoxy) is 1. The predicted molar refractivity (Wildman–Crippen MR) is 131 cm³/mol. The van der Waals surface area contributed by atoms with Gasteiger partial charge in [0, 0.05) is 26.2 Å². The zero-order valence-corrected chi connectivity index (χ0v) is 19.6. The molecule has 0 spiro atoms. The largest absolute Gasteiger partial charge is 0.491 e. The summed E-state index contributed by atoms with van der Waals surface area (Å²) in [4.78, 5) is 8.41. The highest BCUT2D eigenvalue weighted by Gasteiger charge is 2.31. The fourth-order valence-electron chi connectivity index (χ4n) is 4.40. The van der Waals surface area contributed by atoms with Crippen molar-refractivity contribution in [1.29, 1.82) is 5.26 Å². The number of nitriles is 1. The van der Waals surface area contributed by atoms with Crippen molar-refractivity contribution >= 4 is 5.69 Å². The van der Waals surface area contributed by atoms with Crippen LogP contribution in [0, 0.1) is 24.1 Å². The smallest absolute Gasteiger partial charge is 0.141 e. The Balaban J connectivity index is 1.59. The van der Waals surface area contributed by atoms with E-state index in [2.05, 4.69) is 45.1 Å². The molecule has 1 saturated heterocycles. The standard InChI is InChI=1S/C27H29FN4O3/c1-19-2-4-20(5-3-19)26-17-31(18-27(34)24-8-6-22(28)16-30-24)10-11-32(26)25-9-7-23(35-13-12-33)14-21(25)15-29/h2-9,14,16,26-27,33-34H,10-13,17-18H2,1H3/t26-,27+/m0/s1. The number of benzene rings is 2. The average molecular weight is 477 g/mol. The van der Waals surface area contributed by atoms with Crippen LogP contribution in [0.4, 0.5) is 10.1 Å². The Morgan fingerprint density at radius 2 is 1.97 bits per heavy atom.